The molecule has 3 saturated heterocycles. The first kappa shape index (κ1) is 37.6. The Morgan fingerprint density at radius 3 is 1.98 bits per heavy atom. The van der Waals surface area contributed by atoms with Crippen LogP contribution in [0.5, 0.6) is 0 Å². The summed E-state index contributed by atoms with van der Waals surface area (Å²) in [5.41, 5.74) is -0.842. The first-order valence-electron chi connectivity index (χ1n) is 19.2. The van der Waals surface area contributed by atoms with Gasteiger partial charge in [0.15, 0.2) is 9.84 Å². The molecule has 5 amide bonds. The van der Waals surface area contributed by atoms with Gasteiger partial charge in [-0.15, -0.1) is 0 Å². The van der Waals surface area contributed by atoms with Gasteiger partial charge in [-0.3, -0.25) is 19.2 Å². The van der Waals surface area contributed by atoms with Crippen molar-refractivity contribution < 1.29 is 32.4 Å². The molecule has 0 radical (unpaired) electrons. The number of hydrogen-bond donors (Lipinski definition) is 4. The molecule has 5 atom stereocenters. The minimum Gasteiger partial charge on any atom is -0.347 e. The molecule has 0 bridgehead atoms. The summed E-state index contributed by atoms with van der Waals surface area (Å²) < 4.78 is 25.5. The number of sulfone groups is 1. The third-order valence-corrected chi connectivity index (χ3v) is 14.1. The fraction of sp³-hybridized carbons (Fsp3) is 0.861. The summed E-state index contributed by atoms with van der Waals surface area (Å²) in [6.45, 7) is 4.37. The van der Waals surface area contributed by atoms with Crippen molar-refractivity contribution >= 4 is 39.4 Å². The van der Waals surface area contributed by atoms with Crippen LogP contribution < -0.4 is 21.3 Å². The van der Waals surface area contributed by atoms with Crippen molar-refractivity contribution in [1.29, 1.82) is 0 Å². The summed E-state index contributed by atoms with van der Waals surface area (Å²) in [5.74, 6) is -2.05. The van der Waals surface area contributed by atoms with Crippen LogP contribution in [0.4, 0.5) is 4.79 Å². The number of carbonyl (C=O) groups excluding carboxylic acids is 5. The van der Waals surface area contributed by atoms with Crippen LogP contribution in [0.15, 0.2) is 0 Å². The Morgan fingerprint density at radius 2 is 1.41 bits per heavy atom. The second kappa shape index (κ2) is 16.5. The van der Waals surface area contributed by atoms with Crippen molar-refractivity contribution in [2.24, 2.45) is 11.8 Å². The predicted molar refractivity (Wildman–Crippen MR) is 186 cm³/mol. The molecule has 276 valence electrons. The SMILES string of the molecule is CC(C)C1CCN2C(=O)[C@@H](NC(=O)NC3([C@@H]4CCS4(=O)=O)CCCCC3)CCCCCCCCCC[C@@H](C(=O)C(=O)NC3CC3)NC(=O)[C@H]12. The van der Waals surface area contributed by atoms with E-state index in [0.717, 1.165) is 77.0 Å². The fourth-order valence-corrected chi connectivity index (χ4v) is 10.5. The maximum atomic E-state index is 14.4. The van der Waals surface area contributed by atoms with Crippen molar-refractivity contribution in [3.8, 4) is 0 Å². The molecule has 13 heteroatoms. The molecule has 3 aliphatic heterocycles. The zero-order valence-corrected chi connectivity index (χ0v) is 30.4. The molecule has 3 heterocycles. The average molecular weight is 706 g/mol. The number of hydrogen-bond acceptors (Lipinski definition) is 7. The van der Waals surface area contributed by atoms with E-state index in [4.69, 9.17) is 0 Å². The summed E-state index contributed by atoms with van der Waals surface area (Å²) >= 11 is 0. The Kier molecular flexibility index (Phi) is 12.7. The molecule has 0 aromatic heterocycles. The number of Topliss-reactive ketones (excluding diaryl/α,β-unsaturated/α-hetero) is 1. The Morgan fingerprint density at radius 1 is 0.796 bits per heavy atom. The Labute approximate surface area is 292 Å². The smallest absolute Gasteiger partial charge is 0.315 e. The molecule has 4 N–H and O–H groups in total. The van der Waals surface area contributed by atoms with Crippen LogP contribution in [0.25, 0.3) is 0 Å². The van der Waals surface area contributed by atoms with Crippen molar-refractivity contribution in [2.45, 2.75) is 171 Å². The molecule has 0 aromatic rings. The van der Waals surface area contributed by atoms with Crippen molar-refractivity contribution in [2.75, 3.05) is 12.3 Å². The number of nitrogens with one attached hydrogen (secondary N) is 4. The van der Waals surface area contributed by atoms with Crippen LogP contribution >= 0.6 is 0 Å². The van der Waals surface area contributed by atoms with Gasteiger partial charge < -0.3 is 26.2 Å². The maximum absolute atomic E-state index is 14.4. The quantitative estimate of drug-likeness (QED) is 0.293. The zero-order valence-electron chi connectivity index (χ0n) is 29.6. The normalized spacial score (nSPS) is 31.4. The van der Waals surface area contributed by atoms with Gasteiger partial charge in [0, 0.05) is 12.6 Å². The van der Waals surface area contributed by atoms with E-state index in [1.165, 1.54) is 0 Å². The lowest BCUT2D eigenvalue weighted by Gasteiger charge is -2.47. The first-order chi connectivity index (χ1) is 23.4. The number of nitrogens with zero attached hydrogens (tertiary/aromatic N) is 1. The van der Waals surface area contributed by atoms with Gasteiger partial charge in [0.25, 0.3) is 5.91 Å². The molecule has 12 nitrogen and oxygen atoms in total. The highest BCUT2D eigenvalue weighted by molar-refractivity contribution is 7.93. The zero-order chi connectivity index (χ0) is 35.2. The lowest BCUT2D eigenvalue weighted by Crippen LogP contribution is -2.66. The van der Waals surface area contributed by atoms with Crippen molar-refractivity contribution in [1.82, 2.24) is 26.2 Å². The number of fused-ring (bicyclic) bond motifs is 1. The number of urea groups is 1. The van der Waals surface area contributed by atoms with Gasteiger partial charge in [-0.2, -0.15) is 0 Å². The third kappa shape index (κ3) is 9.35. The number of carbonyl (C=O) groups is 5. The lowest BCUT2D eigenvalue weighted by atomic mass is 9.78. The van der Waals surface area contributed by atoms with Crippen molar-refractivity contribution in [3.05, 3.63) is 0 Å². The predicted octanol–water partition coefficient (Wildman–Crippen LogP) is 3.66. The maximum Gasteiger partial charge on any atom is 0.315 e. The molecule has 5 fully saturated rings. The standard InChI is InChI=1S/C36H59N5O7S/c1-24(2)26-18-22-41-30(26)32(43)38-27(31(42)33(44)37-25-16-17-25)14-10-7-5-3-4-6-8-11-15-28(34(41)45)39-35(46)40-36(20-12-9-13-21-36)29-19-23-49(29,47)48/h24-30H,3-23H2,1-2H3,(H,37,44)(H,38,43)(H2,39,40,46)/t26?,27-,28-,29-,30-/m0/s1. The van der Waals surface area contributed by atoms with Crippen LogP contribution in [0.2, 0.25) is 0 Å². The monoisotopic (exact) mass is 705 g/mol. The highest BCUT2D eigenvalue weighted by Crippen LogP contribution is 2.40. The van der Waals surface area contributed by atoms with E-state index in [0.29, 0.717) is 51.5 Å². The molecule has 0 spiro atoms. The second-order valence-corrected chi connectivity index (χ2v) is 18.1. The molecule has 5 rings (SSSR count). The topological polar surface area (TPSA) is 171 Å². The molecule has 1 unspecified atom stereocenters. The molecule has 0 aromatic carbocycles. The molecular formula is C36H59N5O7S. The summed E-state index contributed by atoms with van der Waals surface area (Å²) in [5, 5.41) is 11.1. The fourth-order valence-electron chi connectivity index (χ4n) is 8.66. The number of ketones is 1. The minimum atomic E-state index is -3.27. The summed E-state index contributed by atoms with van der Waals surface area (Å²) in [6.07, 6.45) is 14.7. The Hall–Kier alpha value is -2.70. The summed E-state index contributed by atoms with van der Waals surface area (Å²) in [6, 6.07) is -3.23. The van der Waals surface area contributed by atoms with E-state index in [1.807, 2.05) is 13.8 Å². The summed E-state index contributed by atoms with van der Waals surface area (Å²) in [7, 11) is -3.27. The van der Waals surface area contributed by atoms with Gasteiger partial charge in [-0.1, -0.05) is 84.5 Å². The van der Waals surface area contributed by atoms with E-state index in [-0.39, 0.29) is 29.5 Å². The van der Waals surface area contributed by atoms with Crippen LogP contribution in [-0.4, -0.2) is 90.1 Å². The van der Waals surface area contributed by atoms with Gasteiger partial charge in [0.1, 0.15) is 12.1 Å². The molecule has 5 aliphatic rings. The number of amides is 5. The first-order valence-corrected chi connectivity index (χ1v) is 20.9. The minimum absolute atomic E-state index is 0.0169. The van der Waals surface area contributed by atoms with Gasteiger partial charge in [-0.25, -0.2) is 13.2 Å². The van der Waals surface area contributed by atoms with E-state index in [1.54, 1.807) is 4.90 Å². The van der Waals surface area contributed by atoms with E-state index < -0.39 is 62.4 Å². The van der Waals surface area contributed by atoms with Crippen LogP contribution in [-0.2, 0) is 29.0 Å². The lowest BCUT2D eigenvalue weighted by molar-refractivity contribution is -0.143. The van der Waals surface area contributed by atoms with Crippen LogP contribution in [0.3, 0.4) is 0 Å². The van der Waals surface area contributed by atoms with Crippen LogP contribution in [0.1, 0.15) is 136 Å². The molecule has 2 aliphatic carbocycles. The Balaban J connectivity index is 1.36. The van der Waals surface area contributed by atoms with E-state index >= 15 is 0 Å². The van der Waals surface area contributed by atoms with Gasteiger partial charge in [0.05, 0.1) is 22.6 Å². The van der Waals surface area contributed by atoms with Gasteiger partial charge in [-0.05, 0) is 63.2 Å². The largest absolute Gasteiger partial charge is 0.347 e. The Bertz CT molecular complexity index is 1330. The third-order valence-electron chi connectivity index (χ3n) is 11.8. The van der Waals surface area contributed by atoms with Crippen molar-refractivity contribution in [3.63, 3.8) is 0 Å². The van der Waals surface area contributed by atoms with E-state index in [2.05, 4.69) is 21.3 Å². The highest BCUT2D eigenvalue weighted by Gasteiger charge is 2.53. The molecule has 2 saturated carbocycles. The van der Waals surface area contributed by atoms with Crippen LogP contribution in [0, 0.1) is 11.8 Å². The summed E-state index contributed by atoms with van der Waals surface area (Å²) in [4.78, 5) is 70.0. The van der Waals surface area contributed by atoms with E-state index in [9.17, 15) is 32.4 Å². The number of rotatable bonds is 7. The highest BCUT2D eigenvalue weighted by atomic mass is 32.2. The average Bonchev–Trinajstić information content (AvgIpc) is 3.75. The molecular weight excluding hydrogens is 646 g/mol. The second-order valence-electron chi connectivity index (χ2n) is 15.8. The van der Waals surface area contributed by atoms with Gasteiger partial charge in [0.2, 0.25) is 17.6 Å². The molecule has 49 heavy (non-hydrogen) atoms. The van der Waals surface area contributed by atoms with Gasteiger partial charge >= 0.3 is 6.03 Å².